The van der Waals surface area contributed by atoms with Crippen LogP contribution in [-0.4, -0.2) is 25.0 Å². The van der Waals surface area contributed by atoms with Gasteiger partial charge in [0, 0.05) is 16.6 Å². The van der Waals surface area contributed by atoms with E-state index in [-0.39, 0.29) is 16.5 Å². The number of ether oxygens (including phenoxy) is 1. The van der Waals surface area contributed by atoms with Crippen LogP contribution in [0.15, 0.2) is 36.4 Å². The molecular weight excluding hydrogens is 403 g/mol. The maximum absolute atomic E-state index is 13.5. The lowest BCUT2D eigenvalue weighted by Gasteiger charge is -2.13. The Morgan fingerprint density at radius 2 is 1.93 bits per heavy atom. The summed E-state index contributed by atoms with van der Waals surface area (Å²) in [4.78, 5) is 25.1. The molecule has 0 atom stereocenters. The van der Waals surface area contributed by atoms with Gasteiger partial charge in [-0.2, -0.15) is 0 Å². The fourth-order valence-corrected chi connectivity index (χ4v) is 4.13. The first kappa shape index (κ1) is 20.1. The molecule has 1 aromatic heterocycles. The zero-order valence-corrected chi connectivity index (χ0v) is 16.8. The minimum Gasteiger partial charge on any atom is -0.462 e. The molecule has 0 aliphatic carbocycles. The number of amides is 1. The summed E-state index contributed by atoms with van der Waals surface area (Å²) in [7, 11) is 0. The van der Waals surface area contributed by atoms with Crippen LogP contribution in [0.5, 0.6) is 0 Å². The lowest BCUT2D eigenvalue weighted by atomic mass is 10.1. The van der Waals surface area contributed by atoms with E-state index in [0.717, 1.165) is 11.3 Å². The van der Waals surface area contributed by atoms with E-state index in [0.29, 0.717) is 33.6 Å². The van der Waals surface area contributed by atoms with Crippen molar-refractivity contribution in [1.29, 1.82) is 0 Å². The topological polar surface area (TPSA) is 67.4 Å². The number of thiophene rings is 1. The minimum absolute atomic E-state index is 0.253. The third-order valence-corrected chi connectivity index (χ3v) is 5.60. The first-order valence-corrected chi connectivity index (χ1v) is 9.88. The lowest BCUT2D eigenvalue weighted by molar-refractivity contribution is 0.0526. The summed E-state index contributed by atoms with van der Waals surface area (Å²) in [6.45, 7) is 4.52. The predicted molar refractivity (Wildman–Crippen MR) is 111 cm³/mol. The second kappa shape index (κ2) is 8.58. The summed E-state index contributed by atoms with van der Waals surface area (Å²) in [6.07, 6.45) is 0. The fraction of sp³-hybridized carbons (Fsp3) is 0.200. The monoisotopic (exact) mass is 420 g/mol. The summed E-state index contributed by atoms with van der Waals surface area (Å²) >= 11 is 7.44. The Kier molecular flexibility index (Phi) is 6.16. The molecule has 1 amide bonds. The van der Waals surface area contributed by atoms with Crippen LogP contribution in [0.25, 0.3) is 10.1 Å². The molecule has 5 nitrogen and oxygen atoms in total. The van der Waals surface area contributed by atoms with Gasteiger partial charge >= 0.3 is 5.97 Å². The van der Waals surface area contributed by atoms with Crippen LogP contribution in [0, 0.1) is 5.82 Å². The molecular formula is C20H18ClFN2O3S. The van der Waals surface area contributed by atoms with E-state index in [1.54, 1.807) is 31.2 Å². The van der Waals surface area contributed by atoms with E-state index in [2.05, 4.69) is 10.6 Å². The van der Waals surface area contributed by atoms with Gasteiger partial charge < -0.3 is 15.4 Å². The Labute approximate surface area is 170 Å². The minimum atomic E-state index is -0.476. The van der Waals surface area contributed by atoms with Gasteiger partial charge in [-0.3, -0.25) is 4.79 Å². The van der Waals surface area contributed by atoms with Crippen molar-refractivity contribution in [1.82, 2.24) is 0 Å². The summed E-state index contributed by atoms with van der Waals surface area (Å²) in [5, 5.41) is 6.81. The van der Waals surface area contributed by atoms with Crippen LogP contribution in [0.2, 0.25) is 5.02 Å². The molecule has 2 aromatic carbocycles. The second-order valence-corrected chi connectivity index (χ2v) is 7.28. The van der Waals surface area contributed by atoms with Gasteiger partial charge in [-0.1, -0.05) is 11.6 Å². The molecule has 3 aromatic rings. The van der Waals surface area contributed by atoms with Crippen LogP contribution in [0.4, 0.5) is 15.8 Å². The van der Waals surface area contributed by atoms with Crippen LogP contribution in [-0.2, 0) is 4.74 Å². The highest BCUT2D eigenvalue weighted by Gasteiger charge is 2.19. The van der Waals surface area contributed by atoms with Crippen molar-refractivity contribution in [2.75, 3.05) is 23.8 Å². The molecule has 0 unspecified atom stereocenters. The van der Waals surface area contributed by atoms with Crippen molar-refractivity contribution >= 4 is 56.3 Å². The van der Waals surface area contributed by atoms with Gasteiger partial charge in [-0.25, -0.2) is 9.18 Å². The molecule has 0 spiro atoms. The number of anilines is 2. The molecule has 2 N–H and O–H groups in total. The molecule has 0 bridgehead atoms. The van der Waals surface area contributed by atoms with Gasteiger partial charge in [0.05, 0.1) is 28.6 Å². The molecule has 0 saturated heterocycles. The largest absolute Gasteiger partial charge is 0.462 e. The number of hydrogen-bond acceptors (Lipinski definition) is 5. The van der Waals surface area contributed by atoms with Gasteiger partial charge in [0.2, 0.25) is 0 Å². The highest BCUT2D eigenvalue weighted by molar-refractivity contribution is 7.21. The molecule has 0 saturated carbocycles. The number of carbonyl (C=O) groups excluding carboxylic acids is 2. The van der Waals surface area contributed by atoms with Gasteiger partial charge in [0.15, 0.2) is 0 Å². The number of nitrogens with one attached hydrogen (secondary N) is 2. The fourth-order valence-electron chi connectivity index (χ4n) is 2.70. The average molecular weight is 421 g/mol. The summed E-state index contributed by atoms with van der Waals surface area (Å²) in [5.41, 5.74) is 1.41. The average Bonchev–Trinajstić information content (AvgIpc) is 2.99. The number of hydrogen-bond donors (Lipinski definition) is 2. The Hall–Kier alpha value is -2.64. The molecule has 0 aliphatic rings. The smallest absolute Gasteiger partial charge is 0.338 e. The van der Waals surface area contributed by atoms with Gasteiger partial charge in [-0.15, -0.1) is 11.3 Å². The Balaban J connectivity index is 1.95. The molecule has 0 radical (unpaired) electrons. The first-order valence-electron chi connectivity index (χ1n) is 8.68. The molecule has 1 heterocycles. The first-order chi connectivity index (χ1) is 13.4. The van der Waals surface area contributed by atoms with Crippen molar-refractivity contribution in [2.24, 2.45) is 0 Å². The predicted octanol–water partition coefficient (Wildman–Crippen LogP) is 5.55. The number of esters is 1. The highest BCUT2D eigenvalue weighted by Crippen LogP contribution is 2.36. The summed E-state index contributed by atoms with van der Waals surface area (Å²) in [5.74, 6) is -1.31. The number of halogens is 2. The van der Waals surface area contributed by atoms with E-state index in [4.69, 9.17) is 16.3 Å². The van der Waals surface area contributed by atoms with Crippen molar-refractivity contribution < 1.29 is 18.7 Å². The highest BCUT2D eigenvalue weighted by atomic mass is 35.5. The lowest BCUT2D eigenvalue weighted by Crippen LogP contribution is -2.14. The number of carbonyl (C=O) groups is 2. The van der Waals surface area contributed by atoms with Gasteiger partial charge in [0.1, 0.15) is 10.7 Å². The van der Waals surface area contributed by atoms with Crippen LogP contribution < -0.4 is 10.6 Å². The standard InChI is InChI=1S/C20H18ClFN2O3S/c1-3-23-14-8-5-11(20(26)27-4-2)9-15(14)24-19(25)18-17(21)13-7-6-12(22)10-16(13)28-18/h5-10,23H,3-4H2,1-2H3,(H,24,25). The maximum atomic E-state index is 13.5. The summed E-state index contributed by atoms with van der Waals surface area (Å²) in [6, 6.07) is 9.07. The third kappa shape index (κ3) is 4.10. The molecule has 0 fully saturated rings. The molecule has 3 rings (SSSR count). The number of rotatable bonds is 6. The quantitative estimate of drug-likeness (QED) is 0.513. The van der Waals surface area contributed by atoms with Crippen molar-refractivity contribution in [3.63, 3.8) is 0 Å². The van der Waals surface area contributed by atoms with Crippen LogP contribution in [0.3, 0.4) is 0 Å². The Morgan fingerprint density at radius 1 is 1.14 bits per heavy atom. The number of fused-ring (bicyclic) bond motifs is 1. The molecule has 0 aliphatic heterocycles. The van der Waals surface area contributed by atoms with Crippen molar-refractivity contribution in [3.8, 4) is 0 Å². The van der Waals surface area contributed by atoms with Gasteiger partial charge in [0.25, 0.3) is 5.91 Å². The van der Waals surface area contributed by atoms with Crippen molar-refractivity contribution in [2.45, 2.75) is 13.8 Å². The van der Waals surface area contributed by atoms with E-state index < -0.39 is 17.7 Å². The molecule has 8 heteroatoms. The zero-order valence-electron chi connectivity index (χ0n) is 15.3. The van der Waals surface area contributed by atoms with E-state index in [1.165, 1.54) is 12.1 Å². The molecule has 28 heavy (non-hydrogen) atoms. The van der Waals surface area contributed by atoms with E-state index >= 15 is 0 Å². The normalized spacial score (nSPS) is 10.7. The van der Waals surface area contributed by atoms with Crippen molar-refractivity contribution in [3.05, 3.63) is 57.7 Å². The summed E-state index contributed by atoms with van der Waals surface area (Å²) < 4.78 is 19.1. The van der Waals surface area contributed by atoms with Crippen LogP contribution in [0.1, 0.15) is 33.9 Å². The van der Waals surface area contributed by atoms with Gasteiger partial charge in [-0.05, 0) is 50.2 Å². The maximum Gasteiger partial charge on any atom is 0.338 e. The third-order valence-electron chi connectivity index (χ3n) is 3.94. The Bertz CT molecular complexity index is 1050. The zero-order chi connectivity index (χ0) is 20.3. The SMILES string of the molecule is CCNc1ccc(C(=O)OCC)cc1NC(=O)c1sc2cc(F)ccc2c1Cl. The van der Waals surface area contributed by atoms with Crippen LogP contribution >= 0.6 is 22.9 Å². The Morgan fingerprint density at radius 3 is 2.64 bits per heavy atom. The second-order valence-electron chi connectivity index (χ2n) is 5.85. The molecule has 146 valence electrons. The number of benzene rings is 2. The van der Waals surface area contributed by atoms with E-state index in [1.807, 2.05) is 6.92 Å². The van der Waals surface area contributed by atoms with E-state index in [9.17, 15) is 14.0 Å².